The second kappa shape index (κ2) is 7.43. The Morgan fingerprint density at radius 3 is 2.37 bits per heavy atom. The largest absolute Gasteiger partial charge is 0.343 e. The number of H-pyrrole nitrogens is 1. The van der Waals surface area contributed by atoms with Gasteiger partial charge >= 0.3 is 11.7 Å². The third-order valence-electron chi connectivity index (χ3n) is 5.97. The van der Waals surface area contributed by atoms with Crippen LogP contribution in [-0.4, -0.2) is 72.5 Å². The number of aromatic amines is 1. The van der Waals surface area contributed by atoms with Gasteiger partial charge in [0.2, 0.25) is 5.82 Å². The highest BCUT2D eigenvalue weighted by Gasteiger charge is 2.57. The van der Waals surface area contributed by atoms with Crippen molar-refractivity contribution in [1.82, 2.24) is 29.5 Å². The summed E-state index contributed by atoms with van der Waals surface area (Å²) >= 11 is 0. The van der Waals surface area contributed by atoms with E-state index in [0.717, 1.165) is 10.2 Å². The molecule has 2 aliphatic rings. The van der Waals surface area contributed by atoms with E-state index < -0.39 is 11.2 Å². The molecular weight excluding hydrogens is 388 g/mol. The molecule has 2 fully saturated rings. The minimum atomic E-state index is -0.961. The molecule has 0 bridgehead atoms. The number of benzene rings is 1. The highest BCUT2D eigenvalue weighted by Crippen LogP contribution is 2.38. The number of likely N-dealkylation sites (N-methyl/N-ethyl adjacent to an activating group) is 1. The number of urea groups is 1. The van der Waals surface area contributed by atoms with Crippen LogP contribution in [-0.2, 0) is 18.4 Å². The number of carbonyl (C=O) groups excluding carboxylic acids is 3. The van der Waals surface area contributed by atoms with Crippen molar-refractivity contribution in [1.29, 1.82) is 0 Å². The van der Waals surface area contributed by atoms with Gasteiger partial charge in [0.05, 0.1) is 0 Å². The Morgan fingerprint density at radius 2 is 1.80 bits per heavy atom. The molecule has 3 heterocycles. The van der Waals surface area contributed by atoms with Gasteiger partial charge in [-0.3, -0.25) is 19.5 Å². The predicted molar refractivity (Wildman–Crippen MR) is 106 cm³/mol. The number of hydrogen-bond donors (Lipinski definition) is 1. The maximum atomic E-state index is 13.2. The van der Waals surface area contributed by atoms with Gasteiger partial charge < -0.3 is 9.80 Å². The maximum Gasteiger partial charge on any atom is 0.343 e. The first-order chi connectivity index (χ1) is 14.4. The van der Waals surface area contributed by atoms with Crippen LogP contribution in [0.25, 0.3) is 0 Å². The van der Waals surface area contributed by atoms with Gasteiger partial charge in [0.15, 0.2) is 0 Å². The molecule has 10 heteroatoms. The van der Waals surface area contributed by atoms with E-state index in [0.29, 0.717) is 39.0 Å². The van der Waals surface area contributed by atoms with Crippen molar-refractivity contribution in [2.24, 2.45) is 7.05 Å². The first kappa shape index (κ1) is 19.9. The average Bonchev–Trinajstić information content (AvgIpc) is 3.19. The predicted octanol–water partition coefficient (Wildman–Crippen LogP) is 0.567. The number of amides is 4. The Labute approximate surface area is 173 Å². The number of carbonyl (C=O) groups is 3. The number of aryl methyl sites for hydroxylation is 1. The SMILES string of the molecule is CCN1C(=O)N(Cc2ccccc2)C2(CCN(C(=O)c3nn(C)c(=O)[nH]3)CC2)C1=O. The lowest BCUT2D eigenvalue weighted by Gasteiger charge is -2.42. The van der Waals surface area contributed by atoms with E-state index in [1.807, 2.05) is 30.3 Å². The summed E-state index contributed by atoms with van der Waals surface area (Å²) in [6.07, 6.45) is 0.674. The number of rotatable bonds is 4. The Bertz CT molecular complexity index is 1040. The zero-order valence-corrected chi connectivity index (χ0v) is 17.0. The topological polar surface area (TPSA) is 112 Å². The lowest BCUT2D eigenvalue weighted by Crippen LogP contribution is -2.57. The molecule has 30 heavy (non-hydrogen) atoms. The molecule has 4 amide bonds. The summed E-state index contributed by atoms with van der Waals surface area (Å²) in [7, 11) is 1.46. The Hall–Kier alpha value is -3.43. The number of imide groups is 1. The van der Waals surface area contributed by atoms with E-state index >= 15 is 0 Å². The van der Waals surface area contributed by atoms with Crippen LogP contribution >= 0.6 is 0 Å². The van der Waals surface area contributed by atoms with Gasteiger partial charge in [0.1, 0.15) is 5.54 Å². The van der Waals surface area contributed by atoms with Crippen LogP contribution in [0.3, 0.4) is 0 Å². The standard InChI is InChI=1S/C20H24N6O4/c1-3-25-17(28)20(26(19(25)30)13-14-7-5-4-6-8-14)9-11-24(12-10-20)16(27)15-21-18(29)23(2)22-15/h4-8H,3,9-13H2,1-2H3,(H,21,22,29). The fourth-order valence-electron chi connectivity index (χ4n) is 4.26. The monoisotopic (exact) mass is 412 g/mol. The smallest absolute Gasteiger partial charge is 0.336 e. The van der Waals surface area contributed by atoms with E-state index in [9.17, 15) is 19.2 Å². The number of nitrogens with zero attached hydrogens (tertiary/aromatic N) is 5. The summed E-state index contributed by atoms with van der Waals surface area (Å²) in [6, 6.07) is 9.26. The maximum absolute atomic E-state index is 13.2. The fourth-order valence-corrected chi connectivity index (χ4v) is 4.26. The Balaban J connectivity index is 1.57. The van der Waals surface area contributed by atoms with Crippen molar-refractivity contribution < 1.29 is 14.4 Å². The molecule has 1 aromatic carbocycles. The summed E-state index contributed by atoms with van der Waals surface area (Å²) in [5.41, 5.74) is -0.478. The van der Waals surface area contributed by atoms with Crippen molar-refractivity contribution in [3.63, 3.8) is 0 Å². The van der Waals surface area contributed by atoms with Crippen LogP contribution in [0.1, 0.15) is 35.9 Å². The molecule has 4 rings (SSSR count). The number of aromatic nitrogens is 3. The van der Waals surface area contributed by atoms with Crippen LogP contribution in [0.4, 0.5) is 4.79 Å². The zero-order chi connectivity index (χ0) is 21.5. The molecule has 0 atom stereocenters. The van der Waals surface area contributed by atoms with Gasteiger partial charge in [-0.15, -0.1) is 5.10 Å². The molecule has 10 nitrogen and oxygen atoms in total. The van der Waals surface area contributed by atoms with E-state index in [1.54, 1.807) is 16.7 Å². The molecule has 0 radical (unpaired) electrons. The van der Waals surface area contributed by atoms with Crippen molar-refractivity contribution >= 4 is 17.8 Å². The van der Waals surface area contributed by atoms with Crippen LogP contribution in [0.2, 0.25) is 0 Å². The molecule has 2 saturated heterocycles. The number of piperidine rings is 1. The second-order valence-corrected chi connectivity index (χ2v) is 7.63. The number of likely N-dealkylation sites (tertiary alicyclic amines) is 1. The molecule has 158 valence electrons. The molecule has 1 spiro atoms. The minimum Gasteiger partial charge on any atom is -0.336 e. The lowest BCUT2D eigenvalue weighted by molar-refractivity contribution is -0.135. The fraction of sp³-hybridized carbons (Fsp3) is 0.450. The van der Waals surface area contributed by atoms with E-state index in [-0.39, 0.29) is 23.7 Å². The van der Waals surface area contributed by atoms with Gasteiger partial charge in [0, 0.05) is 33.2 Å². The van der Waals surface area contributed by atoms with Crippen molar-refractivity contribution in [2.45, 2.75) is 31.8 Å². The lowest BCUT2D eigenvalue weighted by atomic mass is 9.85. The Kier molecular flexibility index (Phi) is 4.92. The van der Waals surface area contributed by atoms with E-state index in [4.69, 9.17) is 0 Å². The van der Waals surface area contributed by atoms with Crippen LogP contribution < -0.4 is 5.69 Å². The normalized spacial score (nSPS) is 18.5. The molecule has 1 N–H and O–H groups in total. The van der Waals surface area contributed by atoms with Crippen LogP contribution in [0.15, 0.2) is 35.1 Å². The summed E-state index contributed by atoms with van der Waals surface area (Å²) in [4.78, 5) is 57.4. The quantitative estimate of drug-likeness (QED) is 0.738. The molecular formula is C20H24N6O4. The summed E-state index contributed by atoms with van der Waals surface area (Å²) < 4.78 is 1.07. The van der Waals surface area contributed by atoms with Gasteiger partial charge in [-0.05, 0) is 25.3 Å². The van der Waals surface area contributed by atoms with Crippen molar-refractivity contribution in [3.8, 4) is 0 Å². The molecule has 2 aromatic rings. The van der Waals surface area contributed by atoms with Gasteiger partial charge in [0.25, 0.3) is 11.8 Å². The summed E-state index contributed by atoms with van der Waals surface area (Å²) in [5.74, 6) is -0.617. The summed E-state index contributed by atoms with van der Waals surface area (Å²) in [5, 5.41) is 3.92. The van der Waals surface area contributed by atoms with Crippen molar-refractivity contribution in [2.75, 3.05) is 19.6 Å². The Morgan fingerprint density at radius 1 is 1.13 bits per heavy atom. The third-order valence-corrected chi connectivity index (χ3v) is 5.97. The van der Waals surface area contributed by atoms with Gasteiger partial charge in [-0.1, -0.05) is 30.3 Å². The van der Waals surface area contributed by atoms with Gasteiger partial charge in [-0.25, -0.2) is 14.3 Å². The molecule has 1 aromatic heterocycles. The molecule has 0 saturated carbocycles. The molecule has 0 unspecified atom stereocenters. The van der Waals surface area contributed by atoms with Crippen molar-refractivity contribution in [3.05, 3.63) is 52.2 Å². The number of nitrogens with one attached hydrogen (secondary N) is 1. The zero-order valence-electron chi connectivity index (χ0n) is 17.0. The molecule has 2 aliphatic heterocycles. The first-order valence-corrected chi connectivity index (χ1v) is 9.97. The minimum absolute atomic E-state index is 0.0244. The van der Waals surface area contributed by atoms with Crippen LogP contribution in [0, 0.1) is 0 Å². The summed E-state index contributed by atoms with van der Waals surface area (Å²) in [6.45, 7) is 3.01. The highest BCUT2D eigenvalue weighted by atomic mass is 16.2. The highest BCUT2D eigenvalue weighted by molar-refractivity contribution is 6.07. The van der Waals surface area contributed by atoms with Crippen LogP contribution in [0.5, 0.6) is 0 Å². The second-order valence-electron chi connectivity index (χ2n) is 7.63. The van der Waals surface area contributed by atoms with E-state index in [2.05, 4.69) is 10.1 Å². The average molecular weight is 412 g/mol. The third kappa shape index (κ3) is 3.08. The van der Waals surface area contributed by atoms with E-state index in [1.165, 1.54) is 11.9 Å². The molecule has 0 aliphatic carbocycles. The van der Waals surface area contributed by atoms with Gasteiger partial charge in [-0.2, -0.15) is 0 Å². The first-order valence-electron chi connectivity index (χ1n) is 9.97. The number of hydrogen-bond acceptors (Lipinski definition) is 5.